The first-order valence-electron chi connectivity index (χ1n) is 6.17. The summed E-state index contributed by atoms with van der Waals surface area (Å²) in [5.74, 6) is 0. The van der Waals surface area contributed by atoms with Crippen LogP contribution in [0.1, 0.15) is 37.7 Å². The zero-order chi connectivity index (χ0) is 11.4. The number of halogens is 1. The van der Waals surface area contributed by atoms with Crippen molar-refractivity contribution in [1.82, 2.24) is 5.32 Å². The van der Waals surface area contributed by atoms with Crippen molar-refractivity contribution in [3.05, 3.63) is 34.3 Å². The number of hydrogen-bond acceptors (Lipinski definition) is 1. The summed E-state index contributed by atoms with van der Waals surface area (Å²) in [6, 6.07) is 8.90. The van der Waals surface area contributed by atoms with Gasteiger partial charge in [-0.3, -0.25) is 0 Å². The number of likely N-dealkylation sites (N-methyl/N-ethyl adjacent to an activating group) is 1. The second-order valence-electron chi connectivity index (χ2n) is 4.88. The van der Waals surface area contributed by atoms with E-state index in [9.17, 15) is 0 Å². The van der Waals surface area contributed by atoms with Gasteiger partial charge < -0.3 is 5.32 Å². The van der Waals surface area contributed by atoms with Gasteiger partial charge in [0.2, 0.25) is 0 Å². The lowest BCUT2D eigenvalue weighted by atomic mass is 9.69. The van der Waals surface area contributed by atoms with Crippen LogP contribution in [-0.4, -0.2) is 13.6 Å². The molecule has 0 spiro atoms. The van der Waals surface area contributed by atoms with E-state index in [2.05, 4.69) is 52.6 Å². The zero-order valence-electron chi connectivity index (χ0n) is 9.93. The quantitative estimate of drug-likeness (QED) is 0.887. The molecule has 0 saturated heterocycles. The Kier molecular flexibility index (Phi) is 4.04. The van der Waals surface area contributed by atoms with E-state index in [0.29, 0.717) is 5.41 Å². The first-order chi connectivity index (χ1) is 7.77. The van der Waals surface area contributed by atoms with Crippen LogP contribution in [0.3, 0.4) is 0 Å². The van der Waals surface area contributed by atoms with Crippen molar-refractivity contribution in [1.29, 1.82) is 0 Å². The van der Waals surface area contributed by atoms with Gasteiger partial charge in [-0.2, -0.15) is 0 Å². The Morgan fingerprint density at radius 2 is 1.75 bits per heavy atom. The second-order valence-corrected chi connectivity index (χ2v) is 5.79. The summed E-state index contributed by atoms with van der Waals surface area (Å²) in [6.45, 7) is 1.11. The van der Waals surface area contributed by atoms with Crippen molar-refractivity contribution in [2.75, 3.05) is 13.6 Å². The Morgan fingerprint density at radius 1 is 1.12 bits per heavy atom. The average molecular weight is 282 g/mol. The van der Waals surface area contributed by atoms with E-state index in [-0.39, 0.29) is 0 Å². The van der Waals surface area contributed by atoms with Crippen LogP contribution in [0.25, 0.3) is 0 Å². The van der Waals surface area contributed by atoms with Crippen LogP contribution >= 0.6 is 15.9 Å². The Balaban J connectivity index is 2.26. The van der Waals surface area contributed by atoms with E-state index in [1.807, 2.05) is 0 Å². The Hall–Kier alpha value is -0.340. The molecule has 1 aliphatic rings. The third-order valence-corrected chi connectivity index (χ3v) is 4.31. The molecule has 1 N–H and O–H groups in total. The van der Waals surface area contributed by atoms with Gasteiger partial charge in [0.25, 0.3) is 0 Å². The molecule has 0 heterocycles. The first-order valence-corrected chi connectivity index (χ1v) is 6.97. The van der Waals surface area contributed by atoms with Crippen molar-refractivity contribution in [3.8, 4) is 0 Å². The second kappa shape index (κ2) is 5.33. The molecule has 88 valence electrons. The van der Waals surface area contributed by atoms with E-state index >= 15 is 0 Å². The highest BCUT2D eigenvalue weighted by molar-refractivity contribution is 9.10. The fourth-order valence-electron chi connectivity index (χ4n) is 2.94. The highest BCUT2D eigenvalue weighted by Crippen LogP contribution is 2.39. The number of benzene rings is 1. The molecule has 0 atom stereocenters. The van der Waals surface area contributed by atoms with Crippen LogP contribution in [0, 0.1) is 0 Å². The van der Waals surface area contributed by atoms with Crippen LogP contribution in [0.2, 0.25) is 0 Å². The van der Waals surface area contributed by atoms with Gasteiger partial charge in [0.15, 0.2) is 0 Å². The normalized spacial score (nSPS) is 19.6. The maximum absolute atomic E-state index is 3.51. The maximum atomic E-state index is 3.51. The molecule has 1 fully saturated rings. The molecule has 1 saturated carbocycles. The summed E-state index contributed by atoms with van der Waals surface area (Å²) in [5, 5.41) is 3.38. The van der Waals surface area contributed by atoms with E-state index < -0.39 is 0 Å². The van der Waals surface area contributed by atoms with Crippen molar-refractivity contribution < 1.29 is 0 Å². The fraction of sp³-hybridized carbons (Fsp3) is 0.571. The number of nitrogens with one attached hydrogen (secondary N) is 1. The van der Waals surface area contributed by atoms with E-state index in [4.69, 9.17) is 0 Å². The standard InChI is InChI=1S/C14H20BrN/c1-16-11-14(9-3-2-4-10-14)12-5-7-13(15)8-6-12/h5-8,16H,2-4,9-11H2,1H3. The lowest BCUT2D eigenvalue weighted by molar-refractivity contribution is 0.286. The summed E-state index contributed by atoms with van der Waals surface area (Å²) in [4.78, 5) is 0. The third kappa shape index (κ3) is 2.49. The molecule has 2 rings (SSSR count). The smallest absolute Gasteiger partial charge is 0.0175 e. The van der Waals surface area contributed by atoms with Crippen molar-refractivity contribution >= 4 is 15.9 Å². The topological polar surface area (TPSA) is 12.0 Å². The molecule has 1 nitrogen and oxygen atoms in total. The monoisotopic (exact) mass is 281 g/mol. The molecule has 2 heteroatoms. The Labute approximate surface area is 107 Å². The van der Waals surface area contributed by atoms with Crippen molar-refractivity contribution in [2.45, 2.75) is 37.5 Å². The minimum atomic E-state index is 0.383. The van der Waals surface area contributed by atoms with Crippen LogP contribution < -0.4 is 5.32 Å². The minimum absolute atomic E-state index is 0.383. The minimum Gasteiger partial charge on any atom is -0.319 e. The van der Waals surface area contributed by atoms with Crippen molar-refractivity contribution in [2.24, 2.45) is 0 Å². The van der Waals surface area contributed by atoms with Crippen LogP contribution in [-0.2, 0) is 5.41 Å². The maximum Gasteiger partial charge on any atom is 0.0175 e. The molecule has 0 aromatic heterocycles. The third-order valence-electron chi connectivity index (χ3n) is 3.78. The molecule has 0 aliphatic heterocycles. The van der Waals surface area contributed by atoms with E-state index in [1.54, 1.807) is 0 Å². The van der Waals surface area contributed by atoms with Gasteiger partial charge in [0, 0.05) is 16.4 Å². The van der Waals surface area contributed by atoms with Crippen LogP contribution in [0.5, 0.6) is 0 Å². The summed E-state index contributed by atoms with van der Waals surface area (Å²) in [5.41, 5.74) is 1.89. The van der Waals surface area contributed by atoms with Gasteiger partial charge in [0.05, 0.1) is 0 Å². The molecule has 0 amide bonds. The van der Waals surface area contributed by atoms with Crippen LogP contribution in [0.4, 0.5) is 0 Å². The van der Waals surface area contributed by atoms with E-state index in [0.717, 1.165) is 6.54 Å². The van der Waals surface area contributed by atoms with E-state index in [1.165, 1.54) is 42.1 Å². The van der Waals surface area contributed by atoms with Crippen LogP contribution in [0.15, 0.2) is 28.7 Å². The molecular weight excluding hydrogens is 262 g/mol. The molecule has 0 radical (unpaired) electrons. The summed E-state index contributed by atoms with van der Waals surface area (Å²) in [7, 11) is 2.06. The molecule has 1 aliphatic carbocycles. The zero-order valence-corrected chi connectivity index (χ0v) is 11.5. The summed E-state index contributed by atoms with van der Waals surface area (Å²) in [6.07, 6.45) is 6.81. The van der Waals surface area contributed by atoms with Gasteiger partial charge in [-0.25, -0.2) is 0 Å². The molecule has 0 unspecified atom stereocenters. The molecule has 1 aromatic rings. The summed E-state index contributed by atoms with van der Waals surface area (Å²) >= 11 is 3.51. The lowest BCUT2D eigenvalue weighted by Gasteiger charge is -2.38. The highest BCUT2D eigenvalue weighted by Gasteiger charge is 2.32. The lowest BCUT2D eigenvalue weighted by Crippen LogP contribution is -2.38. The van der Waals surface area contributed by atoms with Gasteiger partial charge in [-0.05, 0) is 37.6 Å². The number of rotatable bonds is 3. The SMILES string of the molecule is CNCC1(c2ccc(Br)cc2)CCCCC1. The summed E-state index contributed by atoms with van der Waals surface area (Å²) < 4.78 is 1.17. The molecule has 16 heavy (non-hydrogen) atoms. The van der Waals surface area contributed by atoms with Crippen molar-refractivity contribution in [3.63, 3.8) is 0 Å². The predicted octanol–water partition coefficient (Wildman–Crippen LogP) is 3.87. The van der Waals surface area contributed by atoms with Gasteiger partial charge in [-0.1, -0.05) is 47.3 Å². The van der Waals surface area contributed by atoms with Gasteiger partial charge in [0.1, 0.15) is 0 Å². The fourth-order valence-corrected chi connectivity index (χ4v) is 3.20. The first kappa shape index (κ1) is 12.1. The largest absolute Gasteiger partial charge is 0.319 e. The highest BCUT2D eigenvalue weighted by atomic mass is 79.9. The average Bonchev–Trinajstić information content (AvgIpc) is 2.31. The molecule has 0 bridgehead atoms. The van der Waals surface area contributed by atoms with Gasteiger partial charge in [-0.15, -0.1) is 0 Å². The Morgan fingerprint density at radius 3 is 2.31 bits per heavy atom. The Bertz CT molecular complexity index is 320. The van der Waals surface area contributed by atoms with Gasteiger partial charge >= 0.3 is 0 Å². The molecule has 1 aromatic carbocycles. The number of hydrogen-bond donors (Lipinski definition) is 1. The predicted molar refractivity (Wildman–Crippen MR) is 72.8 cm³/mol. The molecular formula is C14H20BrN.